The Bertz CT molecular complexity index is 886. The number of halogens is 2. The molecule has 0 spiro atoms. The fourth-order valence-electron chi connectivity index (χ4n) is 3.33. The van der Waals surface area contributed by atoms with Crippen molar-refractivity contribution < 1.29 is 23.1 Å². The molecule has 0 aliphatic carbocycles. The van der Waals surface area contributed by atoms with Crippen LogP contribution >= 0.6 is 0 Å². The Balaban J connectivity index is 1.65. The number of carbonyl (C=O) groups is 2. The van der Waals surface area contributed by atoms with Crippen LogP contribution in [0, 0.1) is 19.8 Å². The SMILES string of the molecule is Cc1cccc(N2C[C@@H](C(=O)NCc3ccccc3OC(F)F)CC2=O)c1C. The van der Waals surface area contributed by atoms with Gasteiger partial charge in [-0.2, -0.15) is 8.78 Å². The lowest BCUT2D eigenvalue weighted by atomic mass is 10.1. The Morgan fingerprint density at radius 1 is 1.21 bits per heavy atom. The van der Waals surface area contributed by atoms with Gasteiger partial charge in [-0.15, -0.1) is 0 Å². The number of amides is 2. The molecule has 1 fully saturated rings. The van der Waals surface area contributed by atoms with Gasteiger partial charge in [0.05, 0.1) is 5.92 Å². The van der Waals surface area contributed by atoms with Gasteiger partial charge in [0.2, 0.25) is 11.8 Å². The third-order valence-electron chi connectivity index (χ3n) is 5.00. The van der Waals surface area contributed by atoms with Crippen LogP contribution in [-0.2, 0) is 16.1 Å². The van der Waals surface area contributed by atoms with Crippen LogP contribution in [0.1, 0.15) is 23.1 Å². The first-order valence-corrected chi connectivity index (χ1v) is 9.04. The maximum absolute atomic E-state index is 12.5. The number of ether oxygens (including phenoxy) is 1. The second kappa shape index (κ2) is 8.37. The largest absolute Gasteiger partial charge is 0.434 e. The van der Waals surface area contributed by atoms with E-state index in [0.29, 0.717) is 12.1 Å². The summed E-state index contributed by atoms with van der Waals surface area (Å²) < 4.78 is 29.5. The predicted molar refractivity (Wildman–Crippen MR) is 101 cm³/mol. The molecule has 0 saturated carbocycles. The first-order chi connectivity index (χ1) is 13.4. The van der Waals surface area contributed by atoms with Gasteiger partial charge in [0, 0.05) is 30.8 Å². The molecule has 5 nitrogen and oxygen atoms in total. The molecule has 1 atom stereocenters. The Hall–Kier alpha value is -2.96. The van der Waals surface area contributed by atoms with Crippen molar-refractivity contribution in [3.63, 3.8) is 0 Å². The van der Waals surface area contributed by atoms with Crippen LogP contribution in [0.25, 0.3) is 0 Å². The van der Waals surface area contributed by atoms with Crippen molar-refractivity contribution in [2.75, 3.05) is 11.4 Å². The minimum absolute atomic E-state index is 0.0253. The standard InChI is InChI=1S/C21H22F2N2O3/c1-13-6-5-8-17(14(13)2)25-12-16(10-19(25)26)20(27)24-11-15-7-3-4-9-18(15)28-21(22)23/h3-9,16,21H,10-12H2,1-2H3,(H,24,27)/t16-/m0/s1. The van der Waals surface area contributed by atoms with Gasteiger partial charge in [-0.1, -0.05) is 30.3 Å². The van der Waals surface area contributed by atoms with E-state index in [1.807, 2.05) is 32.0 Å². The monoisotopic (exact) mass is 388 g/mol. The van der Waals surface area contributed by atoms with E-state index in [1.54, 1.807) is 23.1 Å². The van der Waals surface area contributed by atoms with Crippen LogP contribution in [0.5, 0.6) is 5.75 Å². The maximum Gasteiger partial charge on any atom is 0.387 e. The van der Waals surface area contributed by atoms with Gasteiger partial charge in [-0.25, -0.2) is 0 Å². The number of nitrogens with zero attached hydrogens (tertiary/aromatic N) is 1. The first kappa shape index (κ1) is 19.8. The Morgan fingerprint density at radius 3 is 2.71 bits per heavy atom. The molecule has 2 amide bonds. The molecule has 1 saturated heterocycles. The maximum atomic E-state index is 12.5. The molecule has 0 radical (unpaired) electrons. The Labute approximate surface area is 162 Å². The van der Waals surface area contributed by atoms with E-state index in [-0.39, 0.29) is 30.5 Å². The van der Waals surface area contributed by atoms with Crippen molar-refractivity contribution in [2.24, 2.45) is 5.92 Å². The number of hydrogen-bond acceptors (Lipinski definition) is 3. The molecule has 0 unspecified atom stereocenters. The summed E-state index contributed by atoms with van der Waals surface area (Å²) in [4.78, 5) is 26.6. The van der Waals surface area contributed by atoms with Crippen LogP contribution in [0.15, 0.2) is 42.5 Å². The molecule has 2 aromatic carbocycles. The zero-order chi connectivity index (χ0) is 20.3. The summed E-state index contributed by atoms with van der Waals surface area (Å²) in [5.74, 6) is -0.851. The quantitative estimate of drug-likeness (QED) is 0.823. The molecular formula is C21H22F2N2O3. The lowest BCUT2D eigenvalue weighted by Gasteiger charge is -2.20. The minimum Gasteiger partial charge on any atom is -0.434 e. The number of aryl methyl sites for hydroxylation is 1. The molecule has 3 rings (SSSR count). The van der Waals surface area contributed by atoms with Gasteiger partial charge in [0.25, 0.3) is 0 Å². The van der Waals surface area contributed by atoms with E-state index in [9.17, 15) is 18.4 Å². The van der Waals surface area contributed by atoms with E-state index in [1.165, 1.54) is 6.07 Å². The van der Waals surface area contributed by atoms with Crippen molar-refractivity contribution in [3.05, 3.63) is 59.2 Å². The van der Waals surface area contributed by atoms with Gasteiger partial charge in [-0.05, 0) is 37.1 Å². The molecule has 7 heteroatoms. The van der Waals surface area contributed by atoms with Crippen LogP contribution in [-0.4, -0.2) is 25.0 Å². The fourth-order valence-corrected chi connectivity index (χ4v) is 3.33. The molecular weight excluding hydrogens is 366 g/mol. The highest BCUT2D eigenvalue weighted by molar-refractivity contribution is 6.00. The zero-order valence-corrected chi connectivity index (χ0v) is 15.7. The summed E-state index contributed by atoms with van der Waals surface area (Å²) in [5.41, 5.74) is 3.35. The smallest absolute Gasteiger partial charge is 0.387 e. The van der Waals surface area contributed by atoms with Crippen molar-refractivity contribution in [1.29, 1.82) is 0 Å². The summed E-state index contributed by atoms with van der Waals surface area (Å²) in [6, 6.07) is 12.0. The van der Waals surface area contributed by atoms with Crippen LogP contribution in [0.3, 0.4) is 0 Å². The van der Waals surface area contributed by atoms with Crippen LogP contribution < -0.4 is 15.0 Å². The lowest BCUT2D eigenvalue weighted by molar-refractivity contribution is -0.126. The third-order valence-corrected chi connectivity index (χ3v) is 5.00. The number of alkyl halides is 2. The van der Waals surface area contributed by atoms with Gasteiger partial charge in [-0.3, -0.25) is 9.59 Å². The highest BCUT2D eigenvalue weighted by Gasteiger charge is 2.35. The number of benzene rings is 2. The van der Waals surface area contributed by atoms with Crippen LogP contribution in [0.4, 0.5) is 14.5 Å². The van der Waals surface area contributed by atoms with Crippen molar-refractivity contribution in [1.82, 2.24) is 5.32 Å². The van der Waals surface area contributed by atoms with E-state index < -0.39 is 12.5 Å². The average Bonchev–Trinajstić information content (AvgIpc) is 3.04. The average molecular weight is 388 g/mol. The molecule has 2 aromatic rings. The molecule has 148 valence electrons. The number of para-hydroxylation sites is 1. The van der Waals surface area contributed by atoms with Gasteiger partial charge in [0.15, 0.2) is 0 Å². The van der Waals surface area contributed by atoms with E-state index in [4.69, 9.17) is 0 Å². The summed E-state index contributed by atoms with van der Waals surface area (Å²) >= 11 is 0. The molecule has 0 aromatic heterocycles. The molecule has 1 aliphatic rings. The Morgan fingerprint density at radius 2 is 1.96 bits per heavy atom. The number of carbonyl (C=O) groups excluding carboxylic acids is 2. The normalized spacial score (nSPS) is 16.5. The second-order valence-corrected chi connectivity index (χ2v) is 6.83. The molecule has 28 heavy (non-hydrogen) atoms. The summed E-state index contributed by atoms with van der Waals surface area (Å²) in [7, 11) is 0. The number of anilines is 1. The summed E-state index contributed by atoms with van der Waals surface area (Å²) in [6.07, 6.45) is 0.119. The number of hydrogen-bond donors (Lipinski definition) is 1. The van der Waals surface area contributed by atoms with E-state index >= 15 is 0 Å². The lowest BCUT2D eigenvalue weighted by Crippen LogP contribution is -2.33. The Kier molecular flexibility index (Phi) is 5.92. The highest BCUT2D eigenvalue weighted by Crippen LogP contribution is 2.29. The van der Waals surface area contributed by atoms with Crippen molar-refractivity contribution in [2.45, 2.75) is 33.4 Å². The highest BCUT2D eigenvalue weighted by atomic mass is 19.3. The second-order valence-electron chi connectivity index (χ2n) is 6.83. The summed E-state index contributed by atoms with van der Waals surface area (Å²) in [6.45, 7) is 1.34. The first-order valence-electron chi connectivity index (χ1n) is 9.04. The summed E-state index contributed by atoms with van der Waals surface area (Å²) in [5, 5.41) is 2.73. The van der Waals surface area contributed by atoms with E-state index in [2.05, 4.69) is 10.1 Å². The van der Waals surface area contributed by atoms with Crippen molar-refractivity contribution >= 4 is 17.5 Å². The molecule has 0 bridgehead atoms. The topological polar surface area (TPSA) is 58.6 Å². The predicted octanol–water partition coefficient (Wildman–Crippen LogP) is 3.57. The molecule has 1 N–H and O–H groups in total. The number of rotatable bonds is 6. The van der Waals surface area contributed by atoms with E-state index in [0.717, 1.165) is 16.8 Å². The minimum atomic E-state index is -2.93. The number of nitrogens with one attached hydrogen (secondary N) is 1. The third kappa shape index (κ3) is 4.30. The molecule has 1 aliphatic heterocycles. The van der Waals surface area contributed by atoms with Gasteiger partial charge < -0.3 is 15.0 Å². The molecule has 1 heterocycles. The van der Waals surface area contributed by atoms with Crippen molar-refractivity contribution in [3.8, 4) is 5.75 Å². The fraction of sp³-hybridized carbons (Fsp3) is 0.333. The van der Waals surface area contributed by atoms with Crippen LogP contribution in [0.2, 0.25) is 0 Å². The van der Waals surface area contributed by atoms with Gasteiger partial charge in [0.1, 0.15) is 5.75 Å². The van der Waals surface area contributed by atoms with Gasteiger partial charge >= 0.3 is 6.61 Å². The zero-order valence-electron chi connectivity index (χ0n) is 15.7.